The molecule has 0 amide bonds. The van der Waals surface area contributed by atoms with Gasteiger partial charge in [0.2, 0.25) is 10.0 Å². The summed E-state index contributed by atoms with van der Waals surface area (Å²) in [6.45, 7) is 4.15. The maximum Gasteiger partial charge on any atom is 0.211 e. The second kappa shape index (κ2) is 6.98. The van der Waals surface area contributed by atoms with Gasteiger partial charge in [-0.2, -0.15) is 5.10 Å². The molecule has 1 fully saturated rings. The van der Waals surface area contributed by atoms with E-state index in [-0.39, 0.29) is 0 Å². The van der Waals surface area contributed by atoms with Crippen LogP contribution in [0.2, 0.25) is 0 Å². The van der Waals surface area contributed by atoms with Crippen LogP contribution >= 0.6 is 0 Å². The fourth-order valence-corrected chi connectivity index (χ4v) is 4.07. The average Bonchev–Trinajstić information content (AvgIpc) is 3.17. The molecule has 0 bridgehead atoms. The third-order valence-electron chi connectivity index (χ3n) is 4.35. The van der Waals surface area contributed by atoms with Gasteiger partial charge in [0.05, 0.1) is 17.6 Å². The van der Waals surface area contributed by atoms with Crippen molar-refractivity contribution in [2.75, 3.05) is 19.3 Å². The minimum Gasteiger partial charge on any atom is -0.263 e. The first kappa shape index (κ1) is 17.0. The summed E-state index contributed by atoms with van der Waals surface area (Å²) in [7, 11) is -3.09. The van der Waals surface area contributed by atoms with Crippen LogP contribution in [0.25, 0.3) is 11.4 Å². The molecule has 1 atom stereocenters. The third-order valence-corrected chi connectivity index (χ3v) is 5.62. The van der Waals surface area contributed by atoms with E-state index in [0.717, 1.165) is 42.9 Å². The topological polar surface area (TPSA) is 81.0 Å². The second-order valence-corrected chi connectivity index (χ2v) is 8.30. The van der Waals surface area contributed by atoms with Gasteiger partial charge in [0.15, 0.2) is 0 Å². The van der Waals surface area contributed by atoms with E-state index >= 15 is 0 Å². The zero-order valence-electron chi connectivity index (χ0n) is 14.1. The van der Waals surface area contributed by atoms with Gasteiger partial charge >= 0.3 is 0 Å². The molecule has 0 N–H and O–H groups in total. The Balaban J connectivity index is 1.73. The largest absolute Gasteiger partial charge is 0.263 e. The Bertz CT molecular complexity index is 802. The van der Waals surface area contributed by atoms with E-state index < -0.39 is 10.0 Å². The lowest BCUT2D eigenvalue weighted by atomic mass is 10.0. The summed E-state index contributed by atoms with van der Waals surface area (Å²) in [5, 5.41) is 4.34. The van der Waals surface area contributed by atoms with Gasteiger partial charge in [-0.3, -0.25) is 4.68 Å². The SMILES string of the molecule is CCCn1nccc1-c1cc(CC2CCN(S(C)(=O)=O)C2)ncn1. The number of nitrogens with zero attached hydrogens (tertiary/aromatic N) is 5. The highest BCUT2D eigenvalue weighted by molar-refractivity contribution is 7.88. The number of rotatable bonds is 6. The molecule has 0 saturated carbocycles. The molecule has 8 heteroatoms. The van der Waals surface area contributed by atoms with Crippen LogP contribution in [0.5, 0.6) is 0 Å². The van der Waals surface area contributed by atoms with Crippen LogP contribution in [0.1, 0.15) is 25.5 Å². The summed E-state index contributed by atoms with van der Waals surface area (Å²) < 4.78 is 26.8. The van der Waals surface area contributed by atoms with Gasteiger partial charge in [0.25, 0.3) is 0 Å². The highest BCUT2D eigenvalue weighted by Crippen LogP contribution is 2.23. The smallest absolute Gasteiger partial charge is 0.211 e. The fraction of sp³-hybridized carbons (Fsp3) is 0.562. The van der Waals surface area contributed by atoms with Gasteiger partial charge in [0, 0.05) is 31.5 Å². The lowest BCUT2D eigenvalue weighted by Gasteiger charge is -2.13. The van der Waals surface area contributed by atoms with E-state index in [9.17, 15) is 8.42 Å². The van der Waals surface area contributed by atoms with Gasteiger partial charge in [-0.25, -0.2) is 22.7 Å². The predicted molar refractivity (Wildman–Crippen MR) is 91.8 cm³/mol. The van der Waals surface area contributed by atoms with Gasteiger partial charge in [-0.05, 0) is 37.3 Å². The van der Waals surface area contributed by atoms with Crippen molar-refractivity contribution in [2.45, 2.75) is 32.7 Å². The van der Waals surface area contributed by atoms with E-state index in [1.165, 1.54) is 6.26 Å². The van der Waals surface area contributed by atoms with Crippen molar-refractivity contribution in [1.82, 2.24) is 24.1 Å². The molecular formula is C16H23N5O2S. The van der Waals surface area contributed by atoms with Crippen molar-refractivity contribution in [3.05, 3.63) is 30.4 Å². The molecule has 1 saturated heterocycles. The molecule has 1 aliphatic heterocycles. The first-order chi connectivity index (χ1) is 11.5. The molecule has 1 aliphatic rings. The number of aromatic nitrogens is 4. The monoisotopic (exact) mass is 349 g/mol. The van der Waals surface area contributed by atoms with Gasteiger partial charge in [-0.1, -0.05) is 6.92 Å². The molecule has 3 rings (SSSR count). The first-order valence-corrected chi connectivity index (χ1v) is 10.1. The van der Waals surface area contributed by atoms with E-state index in [0.29, 0.717) is 19.0 Å². The Morgan fingerprint density at radius 3 is 2.88 bits per heavy atom. The number of aryl methyl sites for hydroxylation is 1. The third kappa shape index (κ3) is 3.81. The molecule has 2 aromatic rings. The maximum absolute atomic E-state index is 11.6. The van der Waals surface area contributed by atoms with Crippen LogP contribution in [0.4, 0.5) is 0 Å². The Kier molecular flexibility index (Phi) is 4.96. The van der Waals surface area contributed by atoms with Crippen LogP contribution in [-0.2, 0) is 23.0 Å². The molecule has 3 heterocycles. The Morgan fingerprint density at radius 2 is 2.17 bits per heavy atom. The van der Waals surface area contributed by atoms with E-state index in [4.69, 9.17) is 0 Å². The molecule has 0 aliphatic carbocycles. The quantitative estimate of drug-likeness (QED) is 0.791. The fourth-order valence-electron chi connectivity index (χ4n) is 3.15. The van der Waals surface area contributed by atoms with Crippen molar-refractivity contribution in [1.29, 1.82) is 0 Å². The van der Waals surface area contributed by atoms with Crippen LogP contribution in [-0.4, -0.2) is 51.8 Å². The minimum absolute atomic E-state index is 0.308. The van der Waals surface area contributed by atoms with Crippen molar-refractivity contribution in [3.8, 4) is 11.4 Å². The van der Waals surface area contributed by atoms with Gasteiger partial charge in [-0.15, -0.1) is 0 Å². The second-order valence-electron chi connectivity index (χ2n) is 6.31. The lowest BCUT2D eigenvalue weighted by Crippen LogP contribution is -2.27. The standard InChI is InChI=1S/C16H23N5O2S/c1-3-7-21-16(4-6-19-21)15-10-14(17-12-18-15)9-13-5-8-20(11-13)24(2,22)23/h4,6,10,12-13H,3,5,7-9,11H2,1-2H3. The number of sulfonamides is 1. The van der Waals surface area contributed by atoms with Crippen molar-refractivity contribution in [3.63, 3.8) is 0 Å². The summed E-state index contributed by atoms with van der Waals surface area (Å²) in [4.78, 5) is 8.74. The number of hydrogen-bond donors (Lipinski definition) is 0. The molecular weight excluding hydrogens is 326 g/mol. The summed E-state index contributed by atoms with van der Waals surface area (Å²) in [6, 6.07) is 3.95. The van der Waals surface area contributed by atoms with Crippen LogP contribution in [0.15, 0.2) is 24.7 Å². The predicted octanol–water partition coefficient (Wildman–Crippen LogP) is 1.57. The molecule has 130 valence electrons. The van der Waals surface area contributed by atoms with Crippen LogP contribution in [0.3, 0.4) is 0 Å². The Labute approximate surface area is 142 Å². The summed E-state index contributed by atoms with van der Waals surface area (Å²) in [5.41, 5.74) is 2.80. The van der Waals surface area contributed by atoms with E-state index in [2.05, 4.69) is 22.0 Å². The van der Waals surface area contributed by atoms with Crippen molar-refractivity contribution >= 4 is 10.0 Å². The molecule has 0 aromatic carbocycles. The first-order valence-electron chi connectivity index (χ1n) is 8.25. The normalized spacial score (nSPS) is 19.0. The van der Waals surface area contributed by atoms with Crippen molar-refractivity contribution < 1.29 is 8.42 Å². The van der Waals surface area contributed by atoms with E-state index in [1.807, 2.05) is 16.8 Å². The van der Waals surface area contributed by atoms with Crippen LogP contribution in [0, 0.1) is 5.92 Å². The van der Waals surface area contributed by atoms with Gasteiger partial charge < -0.3 is 0 Å². The summed E-state index contributed by atoms with van der Waals surface area (Å²) >= 11 is 0. The Morgan fingerprint density at radius 1 is 1.33 bits per heavy atom. The van der Waals surface area contributed by atoms with Gasteiger partial charge in [0.1, 0.15) is 6.33 Å². The summed E-state index contributed by atoms with van der Waals surface area (Å²) in [5.74, 6) is 0.308. The number of hydrogen-bond acceptors (Lipinski definition) is 5. The average molecular weight is 349 g/mol. The highest BCUT2D eigenvalue weighted by atomic mass is 32.2. The summed E-state index contributed by atoms with van der Waals surface area (Å²) in [6.07, 6.45) is 7.29. The Hall–Kier alpha value is -1.80. The molecule has 0 spiro atoms. The zero-order valence-corrected chi connectivity index (χ0v) is 14.9. The van der Waals surface area contributed by atoms with Crippen LogP contribution < -0.4 is 0 Å². The molecule has 0 radical (unpaired) electrons. The maximum atomic E-state index is 11.6. The highest BCUT2D eigenvalue weighted by Gasteiger charge is 2.28. The van der Waals surface area contributed by atoms with E-state index in [1.54, 1.807) is 16.8 Å². The molecule has 24 heavy (non-hydrogen) atoms. The molecule has 7 nitrogen and oxygen atoms in total. The van der Waals surface area contributed by atoms with Crippen molar-refractivity contribution in [2.24, 2.45) is 5.92 Å². The minimum atomic E-state index is -3.09. The lowest BCUT2D eigenvalue weighted by molar-refractivity contribution is 0.459. The molecule has 1 unspecified atom stereocenters. The zero-order chi connectivity index (χ0) is 17.2. The molecule has 2 aromatic heterocycles.